The van der Waals surface area contributed by atoms with E-state index in [1.54, 1.807) is 0 Å². The highest BCUT2D eigenvalue weighted by atomic mass is 35.5. The normalized spacial score (nSPS) is 16.1. The molecule has 1 heterocycles. The average Bonchev–Trinajstić information content (AvgIpc) is 2.90. The van der Waals surface area contributed by atoms with E-state index in [4.69, 9.17) is 11.5 Å². The summed E-state index contributed by atoms with van der Waals surface area (Å²) in [6.07, 6.45) is 2.24. The molecule has 3 rings (SSSR count). The topological polar surface area (TPSA) is 83.2 Å². The van der Waals surface area contributed by atoms with Crippen molar-refractivity contribution in [3.63, 3.8) is 0 Å². The molecular formula is C28H44Cl2N6. The van der Waals surface area contributed by atoms with Gasteiger partial charge in [-0.15, -0.1) is 24.8 Å². The molecule has 1 aliphatic heterocycles. The quantitative estimate of drug-likeness (QED) is 0.317. The molecule has 2 atom stereocenters. The largest absolute Gasteiger partial charge is 0.384 e. The SMILES string of the molecule is CCC(C)CN=C(N)c1ccc(N2CCN(c3ccc(C(N)=NCC(C)CC)cc3)CC2)cc1.Cl.Cl. The maximum atomic E-state index is 6.19. The van der Waals surface area contributed by atoms with Crippen LogP contribution in [0.15, 0.2) is 58.5 Å². The maximum absolute atomic E-state index is 6.19. The summed E-state index contributed by atoms with van der Waals surface area (Å²) in [5.41, 5.74) is 16.8. The van der Waals surface area contributed by atoms with E-state index in [0.29, 0.717) is 23.5 Å². The molecule has 6 nitrogen and oxygen atoms in total. The van der Waals surface area contributed by atoms with Crippen molar-refractivity contribution in [2.24, 2.45) is 33.3 Å². The summed E-state index contributed by atoms with van der Waals surface area (Å²) in [5.74, 6) is 2.38. The number of amidine groups is 2. The van der Waals surface area contributed by atoms with Crippen molar-refractivity contribution >= 4 is 47.9 Å². The summed E-state index contributed by atoms with van der Waals surface area (Å²) >= 11 is 0. The molecule has 0 radical (unpaired) electrons. The number of benzene rings is 2. The first kappa shape index (κ1) is 31.6. The lowest BCUT2D eigenvalue weighted by Gasteiger charge is -2.37. The molecule has 0 bridgehead atoms. The summed E-state index contributed by atoms with van der Waals surface area (Å²) in [6.45, 7) is 14.3. The van der Waals surface area contributed by atoms with Gasteiger partial charge in [0.1, 0.15) is 11.7 Å². The molecule has 1 saturated heterocycles. The highest BCUT2D eigenvalue weighted by Crippen LogP contribution is 2.22. The van der Waals surface area contributed by atoms with E-state index >= 15 is 0 Å². The number of halogens is 2. The minimum Gasteiger partial charge on any atom is -0.384 e. The highest BCUT2D eigenvalue weighted by Gasteiger charge is 2.18. The average molecular weight is 536 g/mol. The number of nitrogens with zero attached hydrogens (tertiary/aromatic N) is 4. The van der Waals surface area contributed by atoms with Crippen LogP contribution in [0.2, 0.25) is 0 Å². The van der Waals surface area contributed by atoms with E-state index in [-0.39, 0.29) is 24.8 Å². The predicted octanol–water partition coefficient (Wildman–Crippen LogP) is 5.36. The molecule has 1 fully saturated rings. The van der Waals surface area contributed by atoms with Crippen molar-refractivity contribution in [1.82, 2.24) is 0 Å². The summed E-state index contributed by atoms with van der Waals surface area (Å²) in [6, 6.07) is 17.0. The van der Waals surface area contributed by atoms with Crippen LogP contribution >= 0.6 is 24.8 Å². The first-order chi connectivity index (χ1) is 16.4. The van der Waals surface area contributed by atoms with E-state index in [0.717, 1.165) is 63.2 Å². The molecule has 8 heteroatoms. The second-order valence-electron chi connectivity index (χ2n) is 9.55. The molecule has 0 amide bonds. The van der Waals surface area contributed by atoms with Crippen molar-refractivity contribution in [3.05, 3.63) is 59.7 Å². The first-order valence-electron chi connectivity index (χ1n) is 12.7. The van der Waals surface area contributed by atoms with Crippen LogP contribution in [0.3, 0.4) is 0 Å². The fourth-order valence-electron chi connectivity index (χ4n) is 3.86. The van der Waals surface area contributed by atoms with Gasteiger partial charge in [0, 0.05) is 61.8 Å². The fraction of sp³-hybridized carbons (Fsp3) is 0.500. The van der Waals surface area contributed by atoms with Gasteiger partial charge in [0.25, 0.3) is 0 Å². The Morgan fingerprint density at radius 2 is 0.972 bits per heavy atom. The predicted molar refractivity (Wildman–Crippen MR) is 162 cm³/mol. The lowest BCUT2D eigenvalue weighted by Crippen LogP contribution is -2.46. The number of nitrogens with two attached hydrogens (primary N) is 2. The van der Waals surface area contributed by atoms with Crippen molar-refractivity contribution < 1.29 is 0 Å². The third-order valence-corrected chi connectivity index (χ3v) is 6.88. The smallest absolute Gasteiger partial charge is 0.125 e. The van der Waals surface area contributed by atoms with Crippen molar-refractivity contribution in [2.45, 2.75) is 40.5 Å². The van der Waals surface area contributed by atoms with E-state index in [1.165, 1.54) is 11.4 Å². The van der Waals surface area contributed by atoms with Gasteiger partial charge in [0.2, 0.25) is 0 Å². The molecule has 4 N–H and O–H groups in total. The second kappa shape index (κ2) is 15.6. The highest BCUT2D eigenvalue weighted by molar-refractivity contribution is 5.98. The van der Waals surface area contributed by atoms with Crippen LogP contribution in [0.4, 0.5) is 11.4 Å². The summed E-state index contributed by atoms with van der Waals surface area (Å²) < 4.78 is 0. The van der Waals surface area contributed by atoms with Gasteiger partial charge in [0.05, 0.1) is 0 Å². The minimum absolute atomic E-state index is 0. The van der Waals surface area contributed by atoms with Gasteiger partial charge in [-0.25, -0.2) is 0 Å². The van der Waals surface area contributed by atoms with Gasteiger partial charge >= 0.3 is 0 Å². The second-order valence-corrected chi connectivity index (χ2v) is 9.55. The first-order valence-corrected chi connectivity index (χ1v) is 12.7. The lowest BCUT2D eigenvalue weighted by atomic mass is 10.1. The van der Waals surface area contributed by atoms with Crippen LogP contribution in [0.5, 0.6) is 0 Å². The van der Waals surface area contributed by atoms with Crippen molar-refractivity contribution in [1.29, 1.82) is 0 Å². The molecule has 2 aromatic rings. The Hall–Kier alpha value is -2.44. The molecule has 200 valence electrons. The number of hydrogen-bond donors (Lipinski definition) is 2. The lowest BCUT2D eigenvalue weighted by molar-refractivity contribution is 0.577. The standard InChI is InChI=1S/C28H42N6.2ClH/c1-5-21(3)19-31-27(29)23-7-11-25(12-8-23)33-15-17-34(18-16-33)26-13-9-24(10-14-26)28(30)32-20-22(4)6-2;;/h7-14,21-22H,5-6,15-20H2,1-4H3,(H2,29,31)(H2,30,32);2*1H. The zero-order chi connectivity index (χ0) is 24.5. The summed E-state index contributed by atoms with van der Waals surface area (Å²) in [5, 5.41) is 0. The van der Waals surface area contributed by atoms with E-state index < -0.39 is 0 Å². The Balaban J connectivity index is 0.00000324. The number of piperazine rings is 1. The molecule has 0 spiro atoms. The van der Waals surface area contributed by atoms with Crippen LogP contribution in [0.25, 0.3) is 0 Å². The van der Waals surface area contributed by atoms with Crippen LogP contribution < -0.4 is 21.3 Å². The van der Waals surface area contributed by atoms with Crippen LogP contribution in [0, 0.1) is 11.8 Å². The molecular weight excluding hydrogens is 491 g/mol. The van der Waals surface area contributed by atoms with Gasteiger partial charge < -0.3 is 21.3 Å². The summed E-state index contributed by atoms with van der Waals surface area (Å²) in [4.78, 5) is 14.0. The third-order valence-electron chi connectivity index (χ3n) is 6.88. The molecule has 1 aliphatic rings. The number of hydrogen-bond acceptors (Lipinski definition) is 4. The van der Waals surface area contributed by atoms with Crippen LogP contribution in [0.1, 0.15) is 51.7 Å². The Labute approximate surface area is 230 Å². The van der Waals surface area contributed by atoms with Crippen molar-refractivity contribution in [3.8, 4) is 0 Å². The Morgan fingerprint density at radius 3 is 1.25 bits per heavy atom. The van der Waals surface area contributed by atoms with Crippen LogP contribution in [-0.4, -0.2) is 50.9 Å². The zero-order valence-corrected chi connectivity index (χ0v) is 23.8. The number of aliphatic imine (C=N–C) groups is 2. The molecule has 0 aromatic heterocycles. The van der Waals surface area contributed by atoms with Gasteiger partial charge in [0.15, 0.2) is 0 Å². The Kier molecular flexibility index (Phi) is 13.7. The minimum atomic E-state index is 0. The molecule has 36 heavy (non-hydrogen) atoms. The van der Waals surface area contributed by atoms with Gasteiger partial charge in [-0.1, -0.05) is 40.5 Å². The maximum Gasteiger partial charge on any atom is 0.125 e. The van der Waals surface area contributed by atoms with E-state index in [9.17, 15) is 0 Å². The monoisotopic (exact) mass is 534 g/mol. The number of anilines is 2. The van der Waals surface area contributed by atoms with Gasteiger partial charge in [-0.2, -0.15) is 0 Å². The zero-order valence-electron chi connectivity index (χ0n) is 22.2. The van der Waals surface area contributed by atoms with E-state index in [1.807, 2.05) is 0 Å². The van der Waals surface area contributed by atoms with Gasteiger partial charge in [-0.05, 0) is 60.4 Å². The Bertz CT molecular complexity index is 872. The number of rotatable bonds is 10. The summed E-state index contributed by atoms with van der Waals surface area (Å²) in [7, 11) is 0. The van der Waals surface area contributed by atoms with E-state index in [2.05, 4.69) is 96.0 Å². The van der Waals surface area contributed by atoms with Crippen molar-refractivity contribution in [2.75, 3.05) is 49.1 Å². The Morgan fingerprint density at radius 1 is 0.667 bits per heavy atom. The van der Waals surface area contributed by atoms with Crippen LogP contribution in [-0.2, 0) is 0 Å². The molecule has 0 saturated carbocycles. The molecule has 0 aliphatic carbocycles. The molecule has 2 aromatic carbocycles. The third kappa shape index (κ3) is 8.90. The molecule has 2 unspecified atom stereocenters. The van der Waals surface area contributed by atoms with Gasteiger partial charge in [-0.3, -0.25) is 9.98 Å². The fourth-order valence-corrected chi connectivity index (χ4v) is 3.86.